The van der Waals surface area contributed by atoms with Crippen LogP contribution in [0.3, 0.4) is 0 Å². The number of phenols is 1. The monoisotopic (exact) mass is 231 g/mol. The van der Waals surface area contributed by atoms with Crippen molar-refractivity contribution >= 4 is 0 Å². The Morgan fingerprint density at radius 1 is 1.41 bits per heavy atom. The molecule has 1 heterocycles. The number of aromatic hydroxyl groups is 1. The molecule has 0 saturated heterocycles. The maximum atomic E-state index is 9.44. The van der Waals surface area contributed by atoms with Gasteiger partial charge in [0.15, 0.2) is 0 Å². The zero-order valence-electron chi connectivity index (χ0n) is 10.1. The second-order valence-electron chi connectivity index (χ2n) is 3.98. The topological polar surface area (TPSA) is 50.1 Å². The minimum atomic E-state index is 0.254. The average Bonchev–Trinajstić information content (AvgIpc) is 2.68. The Labute approximate surface area is 101 Å². The van der Waals surface area contributed by atoms with Crippen LogP contribution < -0.4 is 5.32 Å². The minimum absolute atomic E-state index is 0.254. The third-order valence-corrected chi connectivity index (χ3v) is 2.66. The van der Waals surface area contributed by atoms with Gasteiger partial charge in [-0.1, -0.05) is 13.0 Å². The smallest absolute Gasteiger partial charge is 0.117 e. The van der Waals surface area contributed by atoms with Crippen molar-refractivity contribution in [2.45, 2.75) is 20.4 Å². The van der Waals surface area contributed by atoms with Crippen molar-refractivity contribution in [1.29, 1.82) is 0 Å². The molecule has 0 radical (unpaired) electrons. The fourth-order valence-electron chi connectivity index (χ4n) is 1.70. The van der Waals surface area contributed by atoms with Gasteiger partial charge < -0.3 is 10.4 Å². The van der Waals surface area contributed by atoms with E-state index in [-0.39, 0.29) is 5.75 Å². The van der Waals surface area contributed by atoms with Crippen molar-refractivity contribution in [1.82, 2.24) is 15.1 Å². The van der Waals surface area contributed by atoms with E-state index in [1.54, 1.807) is 16.8 Å². The van der Waals surface area contributed by atoms with Crippen molar-refractivity contribution in [2.75, 3.05) is 6.54 Å². The molecule has 1 aromatic carbocycles. The molecule has 0 saturated carbocycles. The number of hydrogen-bond donors (Lipinski definition) is 2. The lowest BCUT2D eigenvalue weighted by Crippen LogP contribution is -2.11. The molecule has 4 nitrogen and oxygen atoms in total. The number of benzene rings is 1. The molecule has 0 spiro atoms. The number of aryl methyl sites for hydroxylation is 1. The maximum Gasteiger partial charge on any atom is 0.117 e. The van der Waals surface area contributed by atoms with Crippen LogP contribution in [-0.2, 0) is 6.54 Å². The minimum Gasteiger partial charge on any atom is -0.508 e. The molecule has 2 N–H and O–H groups in total. The molecule has 1 aromatic heterocycles. The molecular formula is C13H17N3O. The molecule has 0 aliphatic heterocycles. The highest BCUT2D eigenvalue weighted by Crippen LogP contribution is 2.16. The summed E-state index contributed by atoms with van der Waals surface area (Å²) in [5, 5.41) is 17.2. The van der Waals surface area contributed by atoms with Crippen molar-refractivity contribution in [3.63, 3.8) is 0 Å². The lowest BCUT2D eigenvalue weighted by atomic mass is 10.2. The van der Waals surface area contributed by atoms with Crippen LogP contribution in [0.15, 0.2) is 30.5 Å². The molecule has 2 aromatic rings. The Morgan fingerprint density at radius 3 is 2.94 bits per heavy atom. The summed E-state index contributed by atoms with van der Waals surface area (Å²) in [7, 11) is 0. The number of nitrogens with one attached hydrogen (secondary N) is 1. The fourth-order valence-corrected chi connectivity index (χ4v) is 1.70. The molecule has 0 aliphatic rings. The van der Waals surface area contributed by atoms with Crippen LogP contribution >= 0.6 is 0 Å². The van der Waals surface area contributed by atoms with Gasteiger partial charge in [0.1, 0.15) is 5.75 Å². The first kappa shape index (κ1) is 11.7. The number of hydrogen-bond acceptors (Lipinski definition) is 3. The van der Waals surface area contributed by atoms with E-state index in [4.69, 9.17) is 0 Å². The van der Waals surface area contributed by atoms with Gasteiger partial charge >= 0.3 is 0 Å². The first-order valence-corrected chi connectivity index (χ1v) is 5.76. The second-order valence-corrected chi connectivity index (χ2v) is 3.98. The van der Waals surface area contributed by atoms with Gasteiger partial charge in [0, 0.05) is 24.4 Å². The van der Waals surface area contributed by atoms with Gasteiger partial charge in [-0.15, -0.1) is 0 Å². The number of rotatable bonds is 4. The Morgan fingerprint density at radius 2 is 2.24 bits per heavy atom. The summed E-state index contributed by atoms with van der Waals surface area (Å²) < 4.78 is 1.79. The molecule has 0 amide bonds. The highest BCUT2D eigenvalue weighted by atomic mass is 16.3. The Kier molecular flexibility index (Phi) is 3.44. The van der Waals surface area contributed by atoms with E-state index in [1.165, 1.54) is 5.56 Å². The lowest BCUT2D eigenvalue weighted by molar-refractivity contribution is 0.475. The van der Waals surface area contributed by atoms with Gasteiger partial charge in [0.2, 0.25) is 0 Å². The van der Waals surface area contributed by atoms with Gasteiger partial charge in [-0.05, 0) is 25.6 Å². The molecule has 0 aliphatic carbocycles. The summed E-state index contributed by atoms with van der Waals surface area (Å²) in [6, 6.07) is 7.08. The normalized spacial score (nSPS) is 10.7. The maximum absolute atomic E-state index is 9.44. The van der Waals surface area contributed by atoms with E-state index in [9.17, 15) is 5.11 Å². The summed E-state index contributed by atoms with van der Waals surface area (Å²) in [6.07, 6.45) is 1.99. The Bertz CT molecular complexity index is 505. The van der Waals surface area contributed by atoms with Crippen molar-refractivity contribution in [3.8, 4) is 11.4 Å². The lowest BCUT2D eigenvalue weighted by Gasteiger charge is -2.01. The summed E-state index contributed by atoms with van der Waals surface area (Å²) in [4.78, 5) is 0. The van der Waals surface area contributed by atoms with Gasteiger partial charge in [-0.25, -0.2) is 4.68 Å². The van der Waals surface area contributed by atoms with E-state index in [0.29, 0.717) is 0 Å². The van der Waals surface area contributed by atoms with E-state index in [1.807, 2.05) is 25.3 Å². The number of nitrogens with zero attached hydrogens (tertiary/aromatic N) is 2. The van der Waals surface area contributed by atoms with Crippen molar-refractivity contribution < 1.29 is 5.11 Å². The summed E-state index contributed by atoms with van der Waals surface area (Å²) >= 11 is 0. The van der Waals surface area contributed by atoms with E-state index in [0.717, 1.165) is 24.5 Å². The van der Waals surface area contributed by atoms with Crippen LogP contribution in [-0.4, -0.2) is 21.4 Å². The van der Waals surface area contributed by atoms with Crippen LogP contribution in [0.5, 0.6) is 5.75 Å². The zero-order valence-corrected chi connectivity index (χ0v) is 10.1. The van der Waals surface area contributed by atoms with Gasteiger partial charge in [-0.2, -0.15) is 5.10 Å². The van der Waals surface area contributed by atoms with Crippen molar-refractivity contribution in [2.24, 2.45) is 0 Å². The highest BCUT2D eigenvalue weighted by molar-refractivity contribution is 5.38. The van der Waals surface area contributed by atoms with Crippen LogP contribution in [0.2, 0.25) is 0 Å². The van der Waals surface area contributed by atoms with E-state index >= 15 is 0 Å². The molecule has 0 fully saturated rings. The SMILES string of the molecule is CCNCc1cn(-c2cccc(O)c2)nc1C. The summed E-state index contributed by atoms with van der Waals surface area (Å²) in [6.45, 7) is 5.83. The number of phenolic OH excluding ortho intramolecular Hbond substituents is 1. The Balaban J connectivity index is 2.28. The predicted octanol–water partition coefficient (Wildman–Crippen LogP) is 2.00. The Hall–Kier alpha value is -1.81. The molecule has 17 heavy (non-hydrogen) atoms. The van der Waals surface area contributed by atoms with Crippen LogP contribution in [0.1, 0.15) is 18.2 Å². The van der Waals surface area contributed by atoms with Crippen LogP contribution in [0.25, 0.3) is 5.69 Å². The molecule has 4 heteroatoms. The van der Waals surface area contributed by atoms with Gasteiger partial charge in [-0.3, -0.25) is 0 Å². The standard InChI is InChI=1S/C13H17N3O/c1-3-14-8-11-9-16(15-10(11)2)12-5-4-6-13(17)7-12/h4-7,9,14,17H,3,8H2,1-2H3. The first-order chi connectivity index (χ1) is 8.20. The van der Waals surface area contributed by atoms with Crippen LogP contribution in [0.4, 0.5) is 0 Å². The summed E-state index contributed by atoms with van der Waals surface area (Å²) in [5.41, 5.74) is 3.06. The van der Waals surface area contributed by atoms with Crippen LogP contribution in [0, 0.1) is 6.92 Å². The predicted molar refractivity (Wildman–Crippen MR) is 67.3 cm³/mol. The molecule has 90 valence electrons. The molecular weight excluding hydrogens is 214 g/mol. The highest BCUT2D eigenvalue weighted by Gasteiger charge is 2.05. The van der Waals surface area contributed by atoms with Gasteiger partial charge in [0.05, 0.1) is 11.4 Å². The molecule has 2 rings (SSSR count). The molecule has 0 bridgehead atoms. The largest absolute Gasteiger partial charge is 0.508 e. The van der Waals surface area contributed by atoms with E-state index in [2.05, 4.69) is 17.3 Å². The quantitative estimate of drug-likeness (QED) is 0.846. The third kappa shape index (κ3) is 2.65. The first-order valence-electron chi connectivity index (χ1n) is 5.76. The molecule has 0 atom stereocenters. The van der Waals surface area contributed by atoms with E-state index < -0.39 is 0 Å². The second kappa shape index (κ2) is 5.01. The van der Waals surface area contributed by atoms with Crippen molar-refractivity contribution in [3.05, 3.63) is 41.7 Å². The summed E-state index contributed by atoms with van der Waals surface area (Å²) in [5.74, 6) is 0.254. The number of aromatic nitrogens is 2. The molecule has 0 unspecified atom stereocenters. The zero-order chi connectivity index (χ0) is 12.3. The fraction of sp³-hybridized carbons (Fsp3) is 0.308. The third-order valence-electron chi connectivity index (χ3n) is 2.66. The average molecular weight is 231 g/mol. The van der Waals surface area contributed by atoms with Gasteiger partial charge in [0.25, 0.3) is 0 Å².